The Balaban J connectivity index is 2.49. The molecule has 0 saturated heterocycles. The molecular weight excluding hydrogens is 210 g/mol. The van der Waals surface area contributed by atoms with Crippen molar-refractivity contribution in [2.45, 2.75) is 13.3 Å². The number of aromatic carboxylic acids is 1. The average molecular weight is 219 g/mol. The molecule has 0 aliphatic rings. The Morgan fingerprint density at radius 3 is 2.88 bits per heavy atom. The predicted octanol–water partition coefficient (Wildman–Crippen LogP) is 0.522. The molecule has 82 valence electrons. The quantitative estimate of drug-likeness (QED) is 0.779. The monoisotopic (exact) mass is 219 g/mol. The fourth-order valence-corrected chi connectivity index (χ4v) is 1.30. The Bertz CT molecular complexity index is 509. The maximum Gasteiger partial charge on any atom is 0.339 e. The summed E-state index contributed by atoms with van der Waals surface area (Å²) >= 11 is 0. The Morgan fingerprint density at radius 1 is 1.50 bits per heavy atom. The molecule has 0 bridgehead atoms. The molecular formula is C9H9N5O2. The van der Waals surface area contributed by atoms with E-state index in [-0.39, 0.29) is 5.56 Å². The first-order valence-corrected chi connectivity index (χ1v) is 4.67. The molecule has 7 nitrogen and oxygen atoms in total. The number of nitrogens with zero attached hydrogens (tertiary/aromatic N) is 4. The minimum atomic E-state index is -1.02. The van der Waals surface area contributed by atoms with Crippen LogP contribution in [0.15, 0.2) is 12.4 Å². The predicted molar refractivity (Wildman–Crippen MR) is 53.7 cm³/mol. The molecule has 0 unspecified atom stereocenters. The summed E-state index contributed by atoms with van der Waals surface area (Å²) in [4.78, 5) is 18.9. The molecule has 0 amide bonds. The van der Waals surface area contributed by atoms with E-state index in [2.05, 4.69) is 25.4 Å². The molecule has 2 heterocycles. The van der Waals surface area contributed by atoms with E-state index in [1.165, 1.54) is 12.4 Å². The van der Waals surface area contributed by atoms with E-state index in [1.807, 2.05) is 6.92 Å². The van der Waals surface area contributed by atoms with Gasteiger partial charge in [-0.15, -0.1) is 0 Å². The fourth-order valence-electron chi connectivity index (χ4n) is 1.30. The van der Waals surface area contributed by atoms with E-state index in [1.54, 1.807) is 0 Å². The Labute approximate surface area is 90.6 Å². The second kappa shape index (κ2) is 4.05. The Kier molecular flexibility index (Phi) is 2.59. The van der Waals surface area contributed by atoms with E-state index >= 15 is 0 Å². The van der Waals surface area contributed by atoms with E-state index in [0.29, 0.717) is 23.6 Å². The van der Waals surface area contributed by atoms with Gasteiger partial charge in [0.2, 0.25) is 0 Å². The van der Waals surface area contributed by atoms with Gasteiger partial charge in [0.05, 0.1) is 17.5 Å². The number of hydrogen-bond acceptors (Lipinski definition) is 5. The Hall–Kier alpha value is -2.31. The molecule has 0 aliphatic carbocycles. The minimum Gasteiger partial charge on any atom is -0.478 e. The van der Waals surface area contributed by atoms with Crippen LogP contribution in [-0.2, 0) is 6.42 Å². The van der Waals surface area contributed by atoms with Crippen LogP contribution in [0.1, 0.15) is 23.0 Å². The molecule has 2 rings (SSSR count). The standard InChI is InChI=1S/C9H9N5O2/c1-2-6-5(9(15)16)3-10-8(12-6)7-4-11-14-13-7/h3-4H,2H2,1H3,(H,15,16)(H,11,13,14). The van der Waals surface area contributed by atoms with Crippen molar-refractivity contribution in [1.29, 1.82) is 0 Å². The lowest BCUT2D eigenvalue weighted by molar-refractivity contribution is 0.0694. The van der Waals surface area contributed by atoms with Gasteiger partial charge in [-0.25, -0.2) is 14.8 Å². The number of hydrogen-bond donors (Lipinski definition) is 2. The van der Waals surface area contributed by atoms with Gasteiger partial charge in [0, 0.05) is 6.20 Å². The highest BCUT2D eigenvalue weighted by molar-refractivity contribution is 5.88. The van der Waals surface area contributed by atoms with Crippen molar-refractivity contribution < 1.29 is 9.90 Å². The molecule has 0 aromatic carbocycles. The average Bonchev–Trinajstić information content (AvgIpc) is 2.81. The van der Waals surface area contributed by atoms with Crippen LogP contribution < -0.4 is 0 Å². The van der Waals surface area contributed by atoms with Crippen molar-refractivity contribution in [3.05, 3.63) is 23.7 Å². The number of H-pyrrole nitrogens is 1. The third-order valence-corrected chi connectivity index (χ3v) is 2.08. The normalized spacial score (nSPS) is 10.3. The Morgan fingerprint density at radius 2 is 2.31 bits per heavy atom. The molecule has 0 aliphatic heterocycles. The topological polar surface area (TPSA) is 105 Å². The summed E-state index contributed by atoms with van der Waals surface area (Å²) in [6.07, 6.45) is 3.29. The maximum absolute atomic E-state index is 10.9. The van der Waals surface area contributed by atoms with Crippen LogP contribution in [0, 0.1) is 0 Å². The lowest BCUT2D eigenvalue weighted by Gasteiger charge is -2.03. The second-order valence-corrected chi connectivity index (χ2v) is 3.07. The van der Waals surface area contributed by atoms with Gasteiger partial charge < -0.3 is 5.11 Å². The summed E-state index contributed by atoms with van der Waals surface area (Å²) in [6, 6.07) is 0. The number of carbonyl (C=O) groups is 1. The van der Waals surface area contributed by atoms with E-state index in [0.717, 1.165) is 0 Å². The molecule has 2 aromatic heterocycles. The summed E-state index contributed by atoms with van der Waals surface area (Å²) in [7, 11) is 0. The zero-order valence-corrected chi connectivity index (χ0v) is 8.51. The fraction of sp³-hybridized carbons (Fsp3) is 0.222. The molecule has 2 N–H and O–H groups in total. The maximum atomic E-state index is 10.9. The second-order valence-electron chi connectivity index (χ2n) is 3.07. The van der Waals surface area contributed by atoms with Gasteiger partial charge in [0.15, 0.2) is 5.82 Å². The van der Waals surface area contributed by atoms with Gasteiger partial charge in [-0.2, -0.15) is 15.4 Å². The summed E-state index contributed by atoms with van der Waals surface area (Å²) in [6.45, 7) is 1.83. The van der Waals surface area contributed by atoms with Crippen LogP contribution in [0.25, 0.3) is 11.5 Å². The number of aryl methyl sites for hydroxylation is 1. The van der Waals surface area contributed by atoms with Crippen LogP contribution >= 0.6 is 0 Å². The molecule has 7 heteroatoms. The highest BCUT2D eigenvalue weighted by atomic mass is 16.4. The molecule has 2 aromatic rings. The van der Waals surface area contributed by atoms with E-state index < -0.39 is 5.97 Å². The number of carboxylic acids is 1. The van der Waals surface area contributed by atoms with Crippen molar-refractivity contribution in [1.82, 2.24) is 25.4 Å². The molecule has 0 spiro atoms. The van der Waals surface area contributed by atoms with Crippen LogP contribution in [0.2, 0.25) is 0 Å². The van der Waals surface area contributed by atoms with Gasteiger partial charge >= 0.3 is 5.97 Å². The van der Waals surface area contributed by atoms with Crippen LogP contribution in [-0.4, -0.2) is 36.5 Å². The van der Waals surface area contributed by atoms with Gasteiger partial charge in [0.1, 0.15) is 5.69 Å². The molecule has 0 atom stereocenters. The van der Waals surface area contributed by atoms with Crippen molar-refractivity contribution in [3.63, 3.8) is 0 Å². The molecule has 0 saturated carbocycles. The van der Waals surface area contributed by atoms with E-state index in [4.69, 9.17) is 5.11 Å². The third-order valence-electron chi connectivity index (χ3n) is 2.08. The summed E-state index contributed by atoms with van der Waals surface area (Å²) in [5, 5.41) is 18.8. The van der Waals surface area contributed by atoms with Gasteiger partial charge in [-0.3, -0.25) is 0 Å². The zero-order valence-electron chi connectivity index (χ0n) is 8.51. The molecule has 16 heavy (non-hydrogen) atoms. The lowest BCUT2D eigenvalue weighted by atomic mass is 10.2. The minimum absolute atomic E-state index is 0.120. The summed E-state index contributed by atoms with van der Waals surface area (Å²) in [5.74, 6) is -0.654. The first-order valence-electron chi connectivity index (χ1n) is 4.67. The number of nitrogens with one attached hydrogen (secondary N) is 1. The lowest BCUT2D eigenvalue weighted by Crippen LogP contribution is -2.06. The van der Waals surface area contributed by atoms with Gasteiger partial charge in [0.25, 0.3) is 0 Å². The highest BCUT2D eigenvalue weighted by Crippen LogP contribution is 2.13. The number of rotatable bonds is 3. The van der Waals surface area contributed by atoms with Crippen LogP contribution in [0.4, 0.5) is 0 Å². The van der Waals surface area contributed by atoms with Crippen LogP contribution in [0.3, 0.4) is 0 Å². The highest BCUT2D eigenvalue weighted by Gasteiger charge is 2.13. The van der Waals surface area contributed by atoms with E-state index in [9.17, 15) is 4.79 Å². The van der Waals surface area contributed by atoms with Crippen molar-refractivity contribution in [3.8, 4) is 11.5 Å². The van der Waals surface area contributed by atoms with Crippen molar-refractivity contribution >= 4 is 5.97 Å². The third kappa shape index (κ3) is 1.74. The first kappa shape index (κ1) is 10.2. The number of aromatic nitrogens is 5. The van der Waals surface area contributed by atoms with Crippen molar-refractivity contribution in [2.75, 3.05) is 0 Å². The van der Waals surface area contributed by atoms with Gasteiger partial charge in [-0.1, -0.05) is 6.92 Å². The molecule has 0 fully saturated rings. The first-order chi connectivity index (χ1) is 7.72. The largest absolute Gasteiger partial charge is 0.478 e. The molecule has 0 radical (unpaired) electrons. The zero-order chi connectivity index (χ0) is 11.5. The smallest absolute Gasteiger partial charge is 0.339 e. The number of aromatic amines is 1. The van der Waals surface area contributed by atoms with Crippen molar-refractivity contribution in [2.24, 2.45) is 0 Å². The summed E-state index contributed by atoms with van der Waals surface area (Å²) < 4.78 is 0. The van der Waals surface area contributed by atoms with Crippen LogP contribution in [0.5, 0.6) is 0 Å². The summed E-state index contributed by atoms with van der Waals surface area (Å²) in [5.41, 5.74) is 1.10. The van der Waals surface area contributed by atoms with Gasteiger partial charge in [-0.05, 0) is 6.42 Å². The SMILES string of the molecule is CCc1nc(-c2cn[nH]n2)ncc1C(=O)O. The number of carboxylic acid groups (broad SMARTS) is 1.